The number of benzene rings is 1. The summed E-state index contributed by atoms with van der Waals surface area (Å²) in [5, 5.41) is 11.7. The maximum atomic E-state index is 12.3. The molecule has 1 amide bonds. The number of aromatic nitrogens is 5. The Labute approximate surface area is 150 Å². The quantitative estimate of drug-likeness (QED) is 0.760. The molecule has 0 bridgehead atoms. The smallest absolute Gasteiger partial charge is 0.251 e. The second-order valence-corrected chi connectivity index (χ2v) is 6.37. The molecule has 0 radical (unpaired) electrons. The third-order valence-electron chi connectivity index (χ3n) is 3.87. The van der Waals surface area contributed by atoms with Crippen LogP contribution < -0.4 is 5.32 Å². The third-order valence-corrected chi connectivity index (χ3v) is 4.24. The summed E-state index contributed by atoms with van der Waals surface area (Å²) in [7, 11) is 0. The highest BCUT2D eigenvalue weighted by atomic mass is 35.5. The van der Waals surface area contributed by atoms with Crippen LogP contribution in [0.15, 0.2) is 36.8 Å². The van der Waals surface area contributed by atoms with Gasteiger partial charge in [0.15, 0.2) is 0 Å². The van der Waals surface area contributed by atoms with Crippen LogP contribution in [0.5, 0.6) is 0 Å². The predicted octanol–water partition coefficient (Wildman–Crippen LogP) is 2.99. The van der Waals surface area contributed by atoms with Crippen LogP contribution in [-0.2, 0) is 11.3 Å². The zero-order valence-electron chi connectivity index (χ0n) is 14.3. The van der Waals surface area contributed by atoms with Crippen LogP contribution in [0.2, 0.25) is 5.02 Å². The molecule has 25 heavy (non-hydrogen) atoms. The van der Waals surface area contributed by atoms with Crippen molar-refractivity contribution in [2.45, 2.75) is 33.4 Å². The average molecular weight is 359 g/mol. The topological polar surface area (TPSA) is 77.6 Å². The first-order valence-electron chi connectivity index (χ1n) is 7.89. The maximum Gasteiger partial charge on any atom is 0.251 e. The Kier molecular flexibility index (Phi) is 4.85. The second-order valence-electron chi connectivity index (χ2n) is 5.96. The Balaban J connectivity index is 1.64. The number of rotatable bonds is 5. The van der Waals surface area contributed by atoms with Gasteiger partial charge in [-0.05, 0) is 26.3 Å². The number of carbonyl (C=O) groups is 1. The van der Waals surface area contributed by atoms with Crippen molar-refractivity contribution in [2.24, 2.45) is 0 Å². The number of hydrogen-bond acceptors (Lipinski definition) is 4. The first kappa shape index (κ1) is 17.2. The summed E-state index contributed by atoms with van der Waals surface area (Å²) in [5.74, 6) is 0.00573. The van der Waals surface area contributed by atoms with Gasteiger partial charge in [-0.3, -0.25) is 14.8 Å². The molecule has 8 heteroatoms. The van der Waals surface area contributed by atoms with Gasteiger partial charge in [0.1, 0.15) is 12.4 Å². The standard InChI is InChI=1S/C17H19ClN6O/c1-11-4-6-14(7-5-11)8-23-10-19-17(22-23)20-16(25)13(3)24-9-15(18)12(2)21-24/h4-7,9-10,13H,8H2,1-3H3,(H,20,22,25). The molecule has 0 saturated heterocycles. The predicted molar refractivity (Wildman–Crippen MR) is 95.6 cm³/mol. The molecule has 7 nitrogen and oxygen atoms in total. The summed E-state index contributed by atoms with van der Waals surface area (Å²) in [6, 6.07) is 7.67. The number of carbonyl (C=O) groups excluding carboxylic acids is 1. The van der Waals surface area contributed by atoms with E-state index in [0.29, 0.717) is 17.3 Å². The molecule has 2 heterocycles. The van der Waals surface area contributed by atoms with Gasteiger partial charge in [-0.25, -0.2) is 9.67 Å². The van der Waals surface area contributed by atoms with E-state index < -0.39 is 6.04 Å². The molecule has 0 aliphatic rings. The van der Waals surface area contributed by atoms with Crippen molar-refractivity contribution in [3.63, 3.8) is 0 Å². The number of nitrogens with zero attached hydrogens (tertiary/aromatic N) is 5. The summed E-state index contributed by atoms with van der Waals surface area (Å²) in [5.41, 5.74) is 3.00. The van der Waals surface area contributed by atoms with E-state index in [1.54, 1.807) is 31.1 Å². The fourth-order valence-corrected chi connectivity index (χ4v) is 2.44. The molecule has 3 aromatic rings. The van der Waals surface area contributed by atoms with E-state index in [9.17, 15) is 4.79 Å². The van der Waals surface area contributed by atoms with Gasteiger partial charge in [-0.15, -0.1) is 5.10 Å². The van der Waals surface area contributed by atoms with Crippen molar-refractivity contribution in [3.05, 3.63) is 58.6 Å². The van der Waals surface area contributed by atoms with Crippen LogP contribution in [0.25, 0.3) is 0 Å². The van der Waals surface area contributed by atoms with E-state index in [4.69, 9.17) is 11.6 Å². The van der Waals surface area contributed by atoms with Crippen LogP contribution in [0.4, 0.5) is 5.95 Å². The van der Waals surface area contributed by atoms with E-state index >= 15 is 0 Å². The fourth-order valence-electron chi connectivity index (χ4n) is 2.30. The highest BCUT2D eigenvalue weighted by Gasteiger charge is 2.18. The molecular formula is C17H19ClN6O. The number of nitrogens with one attached hydrogen (secondary N) is 1. The SMILES string of the molecule is Cc1ccc(Cn2cnc(NC(=O)C(C)n3cc(Cl)c(C)n3)n2)cc1. The van der Waals surface area contributed by atoms with Gasteiger partial charge < -0.3 is 0 Å². The molecule has 130 valence electrons. The zero-order chi connectivity index (χ0) is 18.0. The molecule has 0 fully saturated rings. The van der Waals surface area contributed by atoms with Gasteiger partial charge in [0.25, 0.3) is 5.91 Å². The molecule has 1 atom stereocenters. The van der Waals surface area contributed by atoms with Gasteiger partial charge in [-0.2, -0.15) is 5.10 Å². The van der Waals surface area contributed by atoms with Crippen LogP contribution in [0.3, 0.4) is 0 Å². The summed E-state index contributed by atoms with van der Waals surface area (Å²) in [6.07, 6.45) is 3.22. The highest BCUT2D eigenvalue weighted by Crippen LogP contribution is 2.16. The van der Waals surface area contributed by atoms with Gasteiger partial charge in [0, 0.05) is 6.20 Å². The Morgan fingerprint density at radius 2 is 1.96 bits per heavy atom. The van der Waals surface area contributed by atoms with Crippen molar-refractivity contribution >= 4 is 23.5 Å². The van der Waals surface area contributed by atoms with Gasteiger partial charge in [-0.1, -0.05) is 41.4 Å². The number of hydrogen-bond donors (Lipinski definition) is 1. The molecule has 3 rings (SSSR count). The number of amides is 1. The van der Waals surface area contributed by atoms with Crippen molar-refractivity contribution in [3.8, 4) is 0 Å². The van der Waals surface area contributed by atoms with Crippen LogP contribution in [0.1, 0.15) is 29.8 Å². The number of anilines is 1. The molecule has 0 spiro atoms. The zero-order valence-corrected chi connectivity index (χ0v) is 15.0. The lowest BCUT2D eigenvalue weighted by Gasteiger charge is -2.10. The number of halogens is 1. The van der Waals surface area contributed by atoms with E-state index in [1.807, 2.05) is 31.2 Å². The van der Waals surface area contributed by atoms with Crippen molar-refractivity contribution in [1.82, 2.24) is 24.5 Å². The van der Waals surface area contributed by atoms with Crippen molar-refractivity contribution < 1.29 is 4.79 Å². The normalized spacial score (nSPS) is 12.2. The summed E-state index contributed by atoms with van der Waals surface area (Å²) in [6.45, 7) is 6.16. The Hall–Kier alpha value is -2.67. The van der Waals surface area contributed by atoms with Crippen molar-refractivity contribution in [2.75, 3.05) is 5.32 Å². The van der Waals surface area contributed by atoms with Crippen LogP contribution in [-0.4, -0.2) is 30.5 Å². The lowest BCUT2D eigenvalue weighted by molar-refractivity contribution is -0.119. The largest absolute Gasteiger partial charge is 0.291 e. The van der Waals surface area contributed by atoms with Crippen molar-refractivity contribution in [1.29, 1.82) is 0 Å². The average Bonchev–Trinajstić information content (AvgIpc) is 3.15. The monoisotopic (exact) mass is 358 g/mol. The highest BCUT2D eigenvalue weighted by molar-refractivity contribution is 6.31. The molecule has 2 aromatic heterocycles. The Morgan fingerprint density at radius 1 is 1.24 bits per heavy atom. The molecular weight excluding hydrogens is 340 g/mol. The first-order chi connectivity index (χ1) is 11.9. The summed E-state index contributed by atoms with van der Waals surface area (Å²) < 4.78 is 3.20. The Bertz CT molecular complexity index is 863. The van der Waals surface area contributed by atoms with Gasteiger partial charge in [0.05, 0.1) is 17.3 Å². The molecule has 1 aromatic carbocycles. The molecule has 0 aliphatic carbocycles. The second kappa shape index (κ2) is 7.06. The van der Waals surface area contributed by atoms with E-state index in [1.165, 1.54) is 10.2 Å². The Morgan fingerprint density at radius 3 is 2.60 bits per heavy atom. The number of aryl methyl sites for hydroxylation is 2. The molecule has 0 aliphatic heterocycles. The summed E-state index contributed by atoms with van der Waals surface area (Å²) >= 11 is 5.99. The minimum Gasteiger partial charge on any atom is -0.291 e. The van der Waals surface area contributed by atoms with E-state index in [-0.39, 0.29) is 11.9 Å². The third kappa shape index (κ3) is 4.06. The van der Waals surface area contributed by atoms with Crippen LogP contribution >= 0.6 is 11.6 Å². The van der Waals surface area contributed by atoms with Gasteiger partial charge >= 0.3 is 0 Å². The van der Waals surface area contributed by atoms with Gasteiger partial charge in [0.2, 0.25) is 5.95 Å². The molecule has 1 N–H and O–H groups in total. The molecule has 1 unspecified atom stereocenters. The molecule has 0 saturated carbocycles. The fraction of sp³-hybridized carbons (Fsp3) is 0.294. The van der Waals surface area contributed by atoms with E-state index in [0.717, 1.165) is 5.56 Å². The lowest BCUT2D eigenvalue weighted by atomic mass is 10.1. The lowest BCUT2D eigenvalue weighted by Crippen LogP contribution is -2.24. The first-order valence-corrected chi connectivity index (χ1v) is 8.27. The minimum absolute atomic E-state index is 0.257. The van der Waals surface area contributed by atoms with E-state index in [2.05, 4.69) is 20.5 Å². The van der Waals surface area contributed by atoms with Crippen LogP contribution in [0, 0.1) is 13.8 Å². The maximum absolute atomic E-state index is 12.3. The minimum atomic E-state index is -0.518. The summed E-state index contributed by atoms with van der Waals surface area (Å²) in [4.78, 5) is 16.5.